The van der Waals surface area contributed by atoms with E-state index in [0.717, 1.165) is 28.9 Å². The highest BCUT2D eigenvalue weighted by Crippen LogP contribution is 2.26. The standard InChI is InChI=1S/C29H27N3O2/c33-28(30-25-15-6-7-16-26(25)31-18-8-9-19-31)27-17-10-20-32(27)29(34)24-14-5-4-13-23(24)21-22-11-2-1-3-12-22/h1-9,11-16,18-19,27H,10,17,20-21H2,(H,30,33)/t27-/m0/s1. The first-order valence-electron chi connectivity index (χ1n) is 11.7. The molecule has 1 N–H and O–H groups in total. The smallest absolute Gasteiger partial charge is 0.254 e. The molecule has 5 rings (SSSR count). The van der Waals surface area contributed by atoms with Crippen LogP contribution >= 0.6 is 0 Å². The third-order valence-electron chi connectivity index (χ3n) is 6.35. The van der Waals surface area contributed by atoms with E-state index in [4.69, 9.17) is 0 Å². The Morgan fingerprint density at radius 3 is 2.35 bits per heavy atom. The lowest BCUT2D eigenvalue weighted by Gasteiger charge is -2.25. The molecule has 0 bridgehead atoms. The van der Waals surface area contributed by atoms with Crippen LogP contribution in [0, 0.1) is 0 Å². The highest BCUT2D eigenvalue weighted by atomic mass is 16.2. The van der Waals surface area contributed by atoms with Crippen LogP contribution in [0.5, 0.6) is 0 Å². The number of likely N-dealkylation sites (tertiary alicyclic amines) is 1. The summed E-state index contributed by atoms with van der Waals surface area (Å²) < 4.78 is 1.97. The highest BCUT2D eigenvalue weighted by Gasteiger charge is 2.35. The van der Waals surface area contributed by atoms with E-state index in [1.54, 1.807) is 4.90 Å². The molecular weight excluding hydrogens is 422 g/mol. The second-order valence-corrected chi connectivity index (χ2v) is 8.57. The van der Waals surface area contributed by atoms with Crippen molar-refractivity contribution in [3.05, 3.63) is 120 Å². The number of carbonyl (C=O) groups is 2. The number of rotatable bonds is 6. The van der Waals surface area contributed by atoms with Gasteiger partial charge in [-0.3, -0.25) is 9.59 Å². The van der Waals surface area contributed by atoms with Crippen molar-refractivity contribution in [3.8, 4) is 5.69 Å². The van der Waals surface area contributed by atoms with Gasteiger partial charge >= 0.3 is 0 Å². The van der Waals surface area contributed by atoms with Crippen LogP contribution in [-0.4, -0.2) is 33.9 Å². The summed E-state index contributed by atoms with van der Waals surface area (Å²) in [6, 6.07) is 29.0. The van der Waals surface area contributed by atoms with Crippen LogP contribution in [0.25, 0.3) is 5.69 Å². The van der Waals surface area contributed by atoms with Crippen molar-refractivity contribution >= 4 is 17.5 Å². The molecule has 1 atom stereocenters. The van der Waals surface area contributed by atoms with Gasteiger partial charge in [-0.15, -0.1) is 0 Å². The predicted octanol–water partition coefficient (Wildman–Crippen LogP) is 5.31. The van der Waals surface area contributed by atoms with Crippen molar-refractivity contribution in [1.29, 1.82) is 0 Å². The normalized spacial score (nSPS) is 15.3. The first kappa shape index (κ1) is 21.7. The van der Waals surface area contributed by atoms with Crippen molar-refractivity contribution in [3.63, 3.8) is 0 Å². The fraction of sp³-hybridized carbons (Fsp3) is 0.172. The van der Waals surface area contributed by atoms with Gasteiger partial charge in [-0.2, -0.15) is 0 Å². The van der Waals surface area contributed by atoms with E-state index in [9.17, 15) is 9.59 Å². The van der Waals surface area contributed by atoms with E-state index in [2.05, 4.69) is 17.4 Å². The highest BCUT2D eigenvalue weighted by molar-refractivity contribution is 6.03. The number of benzene rings is 3. The lowest BCUT2D eigenvalue weighted by atomic mass is 9.98. The summed E-state index contributed by atoms with van der Waals surface area (Å²) in [5, 5.41) is 3.08. The zero-order valence-electron chi connectivity index (χ0n) is 18.9. The van der Waals surface area contributed by atoms with Gasteiger partial charge in [-0.05, 0) is 60.7 Å². The summed E-state index contributed by atoms with van der Waals surface area (Å²) in [7, 11) is 0. The Balaban J connectivity index is 1.36. The van der Waals surface area contributed by atoms with Crippen molar-refractivity contribution < 1.29 is 9.59 Å². The molecule has 1 fully saturated rings. The van der Waals surface area contributed by atoms with Crippen molar-refractivity contribution in [2.45, 2.75) is 25.3 Å². The third kappa shape index (κ3) is 4.50. The van der Waals surface area contributed by atoms with Crippen LogP contribution in [0.4, 0.5) is 5.69 Å². The average Bonchev–Trinajstić information content (AvgIpc) is 3.58. The Bertz CT molecular complexity index is 1280. The minimum atomic E-state index is -0.491. The fourth-order valence-electron chi connectivity index (χ4n) is 4.65. The number of carbonyl (C=O) groups excluding carboxylic acids is 2. The molecule has 1 saturated heterocycles. The molecular formula is C29H27N3O2. The molecule has 170 valence electrons. The summed E-state index contributed by atoms with van der Waals surface area (Å²) in [5.74, 6) is -0.228. The van der Waals surface area contributed by atoms with Crippen LogP contribution in [-0.2, 0) is 11.2 Å². The summed E-state index contributed by atoms with van der Waals surface area (Å²) in [4.78, 5) is 28.7. The van der Waals surface area contributed by atoms with Gasteiger partial charge in [0.05, 0.1) is 11.4 Å². The largest absolute Gasteiger partial charge is 0.327 e. The summed E-state index contributed by atoms with van der Waals surface area (Å²) in [6.45, 7) is 0.579. The van der Waals surface area contributed by atoms with E-state index in [1.807, 2.05) is 95.8 Å². The first-order valence-corrected chi connectivity index (χ1v) is 11.7. The summed E-state index contributed by atoms with van der Waals surface area (Å²) in [5.41, 5.74) is 4.42. The minimum absolute atomic E-state index is 0.0807. The van der Waals surface area contributed by atoms with Crippen molar-refractivity contribution in [2.24, 2.45) is 0 Å². The topological polar surface area (TPSA) is 54.3 Å². The zero-order chi connectivity index (χ0) is 23.3. The van der Waals surface area contributed by atoms with Crippen LogP contribution in [0.2, 0.25) is 0 Å². The molecule has 5 heteroatoms. The lowest BCUT2D eigenvalue weighted by Crippen LogP contribution is -2.43. The van der Waals surface area contributed by atoms with Crippen LogP contribution in [0.1, 0.15) is 34.3 Å². The van der Waals surface area contributed by atoms with Gasteiger partial charge in [0.25, 0.3) is 5.91 Å². The van der Waals surface area contributed by atoms with Crippen molar-refractivity contribution in [2.75, 3.05) is 11.9 Å². The van der Waals surface area contributed by atoms with Crippen LogP contribution in [0.15, 0.2) is 103 Å². The maximum Gasteiger partial charge on any atom is 0.254 e. The number of hydrogen-bond acceptors (Lipinski definition) is 2. The number of amides is 2. The Kier molecular flexibility index (Phi) is 6.25. The number of anilines is 1. The molecule has 1 aromatic heterocycles. The maximum absolute atomic E-state index is 13.6. The molecule has 0 aliphatic carbocycles. The number of aromatic nitrogens is 1. The van der Waals surface area contributed by atoms with Crippen molar-refractivity contribution in [1.82, 2.24) is 9.47 Å². The van der Waals surface area contributed by atoms with Gasteiger partial charge in [0.2, 0.25) is 5.91 Å². The lowest BCUT2D eigenvalue weighted by molar-refractivity contribution is -0.119. The molecule has 4 aromatic rings. The molecule has 3 aromatic carbocycles. The number of nitrogens with zero attached hydrogens (tertiary/aromatic N) is 2. The predicted molar refractivity (Wildman–Crippen MR) is 134 cm³/mol. The average molecular weight is 450 g/mol. The molecule has 0 spiro atoms. The second kappa shape index (κ2) is 9.79. The fourth-order valence-corrected chi connectivity index (χ4v) is 4.65. The quantitative estimate of drug-likeness (QED) is 0.434. The molecule has 2 heterocycles. The van der Waals surface area contributed by atoms with E-state index in [0.29, 0.717) is 24.9 Å². The molecule has 2 amide bonds. The molecule has 5 nitrogen and oxygen atoms in total. The molecule has 34 heavy (non-hydrogen) atoms. The monoisotopic (exact) mass is 449 g/mol. The molecule has 0 saturated carbocycles. The molecule has 0 radical (unpaired) electrons. The summed E-state index contributed by atoms with van der Waals surface area (Å²) in [6.07, 6.45) is 6.03. The molecule has 1 aliphatic rings. The Hall–Kier alpha value is -4.12. The second-order valence-electron chi connectivity index (χ2n) is 8.57. The number of hydrogen-bond donors (Lipinski definition) is 1. The number of nitrogens with one attached hydrogen (secondary N) is 1. The first-order chi connectivity index (χ1) is 16.7. The number of para-hydroxylation sites is 2. The van der Waals surface area contributed by atoms with Gasteiger partial charge in [0.1, 0.15) is 6.04 Å². The Morgan fingerprint density at radius 1 is 0.824 bits per heavy atom. The zero-order valence-corrected chi connectivity index (χ0v) is 18.9. The Morgan fingerprint density at radius 2 is 1.53 bits per heavy atom. The summed E-state index contributed by atoms with van der Waals surface area (Å²) >= 11 is 0. The SMILES string of the molecule is O=C(Nc1ccccc1-n1cccc1)[C@@H]1CCCN1C(=O)c1ccccc1Cc1ccccc1. The maximum atomic E-state index is 13.6. The van der Waals surface area contributed by atoms with Gasteiger partial charge in [-0.25, -0.2) is 0 Å². The minimum Gasteiger partial charge on any atom is -0.327 e. The van der Waals surface area contributed by atoms with E-state index in [1.165, 1.54) is 0 Å². The van der Waals surface area contributed by atoms with E-state index >= 15 is 0 Å². The van der Waals surface area contributed by atoms with Gasteiger partial charge in [0.15, 0.2) is 0 Å². The Labute approximate surface area is 199 Å². The molecule has 1 aliphatic heterocycles. The van der Waals surface area contributed by atoms with E-state index < -0.39 is 6.04 Å². The third-order valence-corrected chi connectivity index (χ3v) is 6.35. The van der Waals surface area contributed by atoms with Crippen LogP contribution in [0.3, 0.4) is 0 Å². The van der Waals surface area contributed by atoms with Gasteiger partial charge in [0, 0.05) is 24.5 Å². The molecule has 0 unspecified atom stereocenters. The van der Waals surface area contributed by atoms with Crippen LogP contribution < -0.4 is 5.32 Å². The van der Waals surface area contributed by atoms with Gasteiger partial charge < -0.3 is 14.8 Å². The van der Waals surface area contributed by atoms with E-state index in [-0.39, 0.29) is 11.8 Å². The van der Waals surface area contributed by atoms with Gasteiger partial charge in [-0.1, -0.05) is 60.7 Å².